The predicted molar refractivity (Wildman–Crippen MR) is 130 cm³/mol. The van der Waals surface area contributed by atoms with Crippen molar-refractivity contribution in [1.82, 2.24) is 24.8 Å². The number of aromatic nitrogens is 3. The van der Waals surface area contributed by atoms with Gasteiger partial charge in [-0.2, -0.15) is 0 Å². The molecule has 0 saturated carbocycles. The van der Waals surface area contributed by atoms with Crippen LogP contribution in [0.5, 0.6) is 0 Å². The lowest BCUT2D eigenvalue weighted by Gasteiger charge is -2.16. The minimum atomic E-state index is -0.322. The van der Waals surface area contributed by atoms with E-state index in [2.05, 4.69) is 20.6 Å². The first kappa shape index (κ1) is 21.6. The van der Waals surface area contributed by atoms with Crippen LogP contribution in [0.15, 0.2) is 36.4 Å². The molecule has 3 heterocycles. The van der Waals surface area contributed by atoms with E-state index in [1.807, 2.05) is 35.9 Å². The Morgan fingerprint density at radius 3 is 2.85 bits per heavy atom. The maximum atomic E-state index is 12.6. The van der Waals surface area contributed by atoms with Gasteiger partial charge in [0.25, 0.3) is 5.91 Å². The van der Waals surface area contributed by atoms with Crippen LogP contribution >= 0.6 is 22.9 Å². The van der Waals surface area contributed by atoms with E-state index in [0.717, 1.165) is 22.2 Å². The van der Waals surface area contributed by atoms with Crippen molar-refractivity contribution in [2.45, 2.75) is 12.5 Å². The van der Waals surface area contributed by atoms with Crippen LogP contribution in [0.25, 0.3) is 21.3 Å². The number of imidazole rings is 1. The van der Waals surface area contributed by atoms with Crippen molar-refractivity contribution in [3.8, 4) is 0 Å². The number of fused-ring (bicyclic) bond motifs is 2. The molecule has 33 heavy (non-hydrogen) atoms. The van der Waals surface area contributed by atoms with Crippen LogP contribution in [0.2, 0.25) is 5.02 Å². The van der Waals surface area contributed by atoms with E-state index >= 15 is 0 Å². The second-order valence-corrected chi connectivity index (χ2v) is 9.49. The summed E-state index contributed by atoms with van der Waals surface area (Å²) < 4.78 is 2.88. The summed E-state index contributed by atoms with van der Waals surface area (Å²) in [6.07, 6.45) is 0.789. The third-order valence-electron chi connectivity index (χ3n) is 5.69. The second kappa shape index (κ2) is 8.62. The molecule has 1 aliphatic rings. The topological polar surface area (TPSA) is 118 Å². The van der Waals surface area contributed by atoms with Gasteiger partial charge < -0.3 is 25.8 Å². The molecule has 2 aromatic carbocycles. The number of nitrogens with zero attached hydrogens (tertiary/aromatic N) is 4. The first-order chi connectivity index (χ1) is 15.9. The molecule has 1 atom stereocenters. The molecule has 11 heteroatoms. The van der Waals surface area contributed by atoms with Crippen LogP contribution in [0, 0.1) is 0 Å². The average molecular weight is 484 g/mol. The number of nitrogens with one attached hydrogen (secondary N) is 2. The summed E-state index contributed by atoms with van der Waals surface area (Å²) in [4.78, 5) is 35.8. The zero-order valence-corrected chi connectivity index (χ0v) is 19.4. The third kappa shape index (κ3) is 4.37. The molecular formula is C22H22ClN7O2S. The third-order valence-corrected chi connectivity index (χ3v) is 6.86. The highest BCUT2D eigenvalue weighted by atomic mass is 35.5. The number of halogens is 1. The molecular weight excluding hydrogens is 462 g/mol. The van der Waals surface area contributed by atoms with Gasteiger partial charge in [-0.25, -0.2) is 9.97 Å². The lowest BCUT2D eigenvalue weighted by molar-refractivity contribution is -0.129. The van der Waals surface area contributed by atoms with Gasteiger partial charge in [-0.15, -0.1) is 0 Å². The molecule has 4 N–H and O–H groups in total. The van der Waals surface area contributed by atoms with Crippen molar-refractivity contribution in [2.24, 2.45) is 12.8 Å². The van der Waals surface area contributed by atoms with Crippen molar-refractivity contribution < 1.29 is 9.59 Å². The number of carbonyl (C=O) groups excluding carboxylic acids is 2. The van der Waals surface area contributed by atoms with Gasteiger partial charge in [-0.3, -0.25) is 9.59 Å². The van der Waals surface area contributed by atoms with Gasteiger partial charge in [0.2, 0.25) is 11.9 Å². The predicted octanol–water partition coefficient (Wildman–Crippen LogP) is 2.87. The molecule has 2 amide bonds. The number of nitrogens with two attached hydrogens (primary N) is 1. The van der Waals surface area contributed by atoms with Gasteiger partial charge in [0.1, 0.15) is 0 Å². The Kier molecular flexibility index (Phi) is 5.65. The fourth-order valence-electron chi connectivity index (χ4n) is 3.88. The number of carbonyl (C=O) groups is 2. The van der Waals surface area contributed by atoms with E-state index in [1.165, 1.54) is 11.3 Å². The summed E-state index contributed by atoms with van der Waals surface area (Å²) in [5.41, 5.74) is 8.66. The summed E-state index contributed by atoms with van der Waals surface area (Å²) in [5, 5.41) is 7.31. The fraction of sp³-hybridized carbons (Fsp3) is 0.273. The van der Waals surface area contributed by atoms with Crippen molar-refractivity contribution in [3.63, 3.8) is 0 Å². The van der Waals surface area contributed by atoms with Crippen molar-refractivity contribution in [3.05, 3.63) is 47.0 Å². The highest BCUT2D eigenvalue weighted by molar-refractivity contribution is 7.22. The van der Waals surface area contributed by atoms with Gasteiger partial charge in [-0.1, -0.05) is 22.9 Å². The zero-order chi connectivity index (χ0) is 23.1. The van der Waals surface area contributed by atoms with Crippen LogP contribution in [-0.2, 0) is 11.8 Å². The zero-order valence-electron chi connectivity index (χ0n) is 17.8. The summed E-state index contributed by atoms with van der Waals surface area (Å²) in [5.74, 6) is 0.157. The Morgan fingerprint density at radius 2 is 2.06 bits per heavy atom. The van der Waals surface area contributed by atoms with Crippen LogP contribution in [0.4, 0.5) is 11.1 Å². The van der Waals surface area contributed by atoms with Gasteiger partial charge in [0.15, 0.2) is 5.13 Å². The molecule has 170 valence electrons. The molecule has 0 aliphatic carbocycles. The number of likely N-dealkylation sites (tertiary alicyclic amines) is 1. The lowest BCUT2D eigenvalue weighted by Crippen LogP contribution is -2.40. The molecule has 1 aliphatic heterocycles. The smallest absolute Gasteiger partial charge is 0.251 e. The Labute approximate surface area is 198 Å². The molecule has 1 fully saturated rings. The maximum Gasteiger partial charge on any atom is 0.251 e. The number of aryl methyl sites for hydroxylation is 1. The second-order valence-electron chi connectivity index (χ2n) is 8.03. The highest BCUT2D eigenvalue weighted by Crippen LogP contribution is 2.31. The number of amides is 2. The molecule has 0 bridgehead atoms. The quantitative estimate of drug-likeness (QED) is 0.401. The van der Waals surface area contributed by atoms with Crippen molar-refractivity contribution in [1.29, 1.82) is 0 Å². The van der Waals surface area contributed by atoms with E-state index in [4.69, 9.17) is 17.3 Å². The van der Waals surface area contributed by atoms with Gasteiger partial charge in [0.05, 0.1) is 27.8 Å². The first-order valence-corrected chi connectivity index (χ1v) is 11.7. The summed E-state index contributed by atoms with van der Waals surface area (Å²) >= 11 is 7.55. The summed E-state index contributed by atoms with van der Waals surface area (Å²) in [6.45, 7) is 1.11. The standard InChI is InChI=1S/C22H22ClN7O2S/c1-29-17-5-2-12(20(32)25-10-19(31)30-7-6-14(24)11-30)8-16(17)26-21(29)28-22-27-15-4-3-13(23)9-18(15)33-22/h2-5,8-9,14H,6-7,10-11,24H2,1H3,(H,25,32)(H,26,27,28). The van der Waals surface area contributed by atoms with E-state index in [0.29, 0.717) is 40.3 Å². The molecule has 9 nitrogen and oxygen atoms in total. The summed E-state index contributed by atoms with van der Waals surface area (Å²) in [6, 6.07) is 10.8. The highest BCUT2D eigenvalue weighted by Gasteiger charge is 2.23. The van der Waals surface area contributed by atoms with E-state index in [9.17, 15) is 9.59 Å². The monoisotopic (exact) mass is 483 g/mol. The average Bonchev–Trinajstić information content (AvgIpc) is 3.48. The Hall–Kier alpha value is -3.21. The number of hydrogen-bond donors (Lipinski definition) is 3. The SMILES string of the molecule is Cn1c(Nc2nc3ccc(Cl)cc3s2)nc2cc(C(=O)NCC(=O)N3CCC(N)C3)ccc21. The van der Waals surface area contributed by atoms with Crippen molar-refractivity contribution in [2.75, 3.05) is 25.0 Å². The Morgan fingerprint density at radius 1 is 1.21 bits per heavy atom. The van der Waals surface area contributed by atoms with E-state index < -0.39 is 0 Å². The van der Waals surface area contributed by atoms with Gasteiger partial charge in [0, 0.05) is 36.8 Å². The number of benzene rings is 2. The van der Waals surface area contributed by atoms with E-state index in [-0.39, 0.29) is 24.4 Å². The van der Waals surface area contributed by atoms with Crippen LogP contribution < -0.4 is 16.4 Å². The first-order valence-electron chi connectivity index (χ1n) is 10.5. The van der Waals surface area contributed by atoms with Crippen LogP contribution in [0.3, 0.4) is 0 Å². The number of rotatable bonds is 5. The largest absolute Gasteiger partial charge is 0.343 e. The van der Waals surface area contributed by atoms with Crippen LogP contribution in [-0.4, -0.2) is 56.9 Å². The maximum absolute atomic E-state index is 12.6. The molecule has 5 rings (SSSR count). The molecule has 1 unspecified atom stereocenters. The molecule has 2 aromatic heterocycles. The minimum Gasteiger partial charge on any atom is -0.343 e. The fourth-order valence-corrected chi connectivity index (χ4v) is 5.02. The molecule has 0 spiro atoms. The summed E-state index contributed by atoms with van der Waals surface area (Å²) in [7, 11) is 1.89. The van der Waals surface area contributed by atoms with Crippen molar-refractivity contribution >= 4 is 67.1 Å². The Balaban J connectivity index is 1.30. The number of anilines is 2. The minimum absolute atomic E-state index is 0.0135. The normalized spacial score (nSPS) is 16.0. The number of hydrogen-bond acceptors (Lipinski definition) is 7. The van der Waals surface area contributed by atoms with Gasteiger partial charge >= 0.3 is 0 Å². The van der Waals surface area contributed by atoms with E-state index in [1.54, 1.807) is 17.0 Å². The molecule has 4 aromatic rings. The van der Waals surface area contributed by atoms with Crippen LogP contribution in [0.1, 0.15) is 16.8 Å². The number of thiazole rings is 1. The lowest BCUT2D eigenvalue weighted by atomic mass is 10.2. The van der Waals surface area contributed by atoms with Gasteiger partial charge in [-0.05, 0) is 42.8 Å². The molecule has 0 radical (unpaired) electrons. The molecule has 1 saturated heterocycles. The Bertz CT molecular complexity index is 1380.